The third kappa shape index (κ3) is 2.50. The largest absolute Gasteiger partial charge is 0.366 e. The van der Waals surface area contributed by atoms with Crippen LogP contribution >= 0.6 is 22.6 Å². The number of imide groups is 1. The zero-order valence-corrected chi connectivity index (χ0v) is 11.1. The van der Waals surface area contributed by atoms with Gasteiger partial charge in [0.1, 0.15) is 5.82 Å². The van der Waals surface area contributed by atoms with E-state index in [1.807, 2.05) is 22.6 Å². The number of hydrogen-bond acceptors (Lipinski definition) is 4. The van der Waals surface area contributed by atoms with Crippen LogP contribution in [0.15, 0.2) is 18.2 Å². The lowest BCUT2D eigenvalue weighted by atomic mass is 10.2. The summed E-state index contributed by atoms with van der Waals surface area (Å²) in [6.07, 6.45) is 0.00182. The predicted molar refractivity (Wildman–Crippen MR) is 65.6 cm³/mol. The zero-order valence-electron chi connectivity index (χ0n) is 8.98. The Hall–Kier alpha value is -1.51. The second-order valence-corrected chi connectivity index (χ2v) is 4.83. The van der Waals surface area contributed by atoms with Crippen LogP contribution in [0.1, 0.15) is 23.2 Å². The van der Waals surface area contributed by atoms with E-state index in [-0.39, 0.29) is 18.4 Å². The molecule has 1 heterocycles. The molecule has 0 aliphatic carbocycles. The molecule has 1 aromatic carbocycles. The van der Waals surface area contributed by atoms with Crippen LogP contribution in [0.5, 0.6) is 0 Å². The number of hydrogen-bond donors (Lipinski definition) is 0. The summed E-state index contributed by atoms with van der Waals surface area (Å²) in [7, 11) is 0. The van der Waals surface area contributed by atoms with Crippen LogP contribution in [0.4, 0.5) is 4.39 Å². The molecule has 0 bridgehead atoms. The molecule has 0 N–H and O–H groups in total. The van der Waals surface area contributed by atoms with Gasteiger partial charge in [-0.25, -0.2) is 9.18 Å². The molecule has 18 heavy (non-hydrogen) atoms. The fraction of sp³-hybridized carbons (Fsp3) is 0.182. The smallest absolute Gasteiger partial charge is 0.325 e. The Morgan fingerprint density at radius 3 is 2.50 bits per heavy atom. The molecule has 94 valence electrons. The molecule has 7 heteroatoms. The first-order chi connectivity index (χ1) is 8.49. The fourth-order valence-electron chi connectivity index (χ4n) is 1.44. The van der Waals surface area contributed by atoms with Gasteiger partial charge in [0.15, 0.2) is 0 Å². The molecule has 2 amide bonds. The van der Waals surface area contributed by atoms with Crippen LogP contribution in [0.25, 0.3) is 0 Å². The topological polar surface area (TPSA) is 63.7 Å². The molecule has 0 radical (unpaired) electrons. The molecule has 2 rings (SSSR count). The van der Waals surface area contributed by atoms with Crippen molar-refractivity contribution in [1.82, 2.24) is 5.06 Å². The Labute approximate surface area is 115 Å². The van der Waals surface area contributed by atoms with E-state index in [9.17, 15) is 18.8 Å². The highest BCUT2D eigenvalue weighted by Crippen LogP contribution is 2.17. The van der Waals surface area contributed by atoms with Crippen molar-refractivity contribution >= 4 is 40.4 Å². The van der Waals surface area contributed by atoms with Gasteiger partial charge in [0, 0.05) is 16.4 Å². The highest BCUT2D eigenvalue weighted by molar-refractivity contribution is 14.1. The predicted octanol–water partition coefficient (Wildman–Crippen LogP) is 1.65. The fourth-order valence-corrected chi connectivity index (χ4v) is 1.94. The lowest BCUT2D eigenvalue weighted by molar-refractivity contribution is -0.172. The van der Waals surface area contributed by atoms with Gasteiger partial charge in [-0.05, 0) is 40.8 Å². The standard InChI is InChI=1S/C11H7FINO4/c12-8-2-1-6(13)5-7(8)11(17)18-14-9(15)3-4-10(14)16/h1-2,5H,3-4H2. The van der Waals surface area contributed by atoms with Crippen molar-refractivity contribution in [1.29, 1.82) is 0 Å². The molecule has 0 spiro atoms. The molecule has 0 atom stereocenters. The van der Waals surface area contributed by atoms with E-state index < -0.39 is 23.6 Å². The summed E-state index contributed by atoms with van der Waals surface area (Å²) in [5.41, 5.74) is -0.311. The van der Waals surface area contributed by atoms with E-state index >= 15 is 0 Å². The van der Waals surface area contributed by atoms with Crippen molar-refractivity contribution in [2.75, 3.05) is 0 Å². The van der Waals surface area contributed by atoms with Gasteiger partial charge in [-0.2, -0.15) is 0 Å². The Balaban J connectivity index is 2.19. The molecule has 0 unspecified atom stereocenters. The van der Waals surface area contributed by atoms with Crippen LogP contribution in [-0.2, 0) is 14.4 Å². The Bertz CT molecular complexity index is 530. The van der Waals surface area contributed by atoms with Crippen molar-refractivity contribution in [3.05, 3.63) is 33.1 Å². The Morgan fingerprint density at radius 1 is 1.28 bits per heavy atom. The third-order valence-electron chi connectivity index (χ3n) is 2.33. The van der Waals surface area contributed by atoms with Crippen molar-refractivity contribution in [2.24, 2.45) is 0 Å². The minimum absolute atomic E-state index is 0.000912. The average molecular weight is 363 g/mol. The van der Waals surface area contributed by atoms with E-state index in [1.165, 1.54) is 12.1 Å². The first-order valence-electron chi connectivity index (χ1n) is 5.02. The van der Waals surface area contributed by atoms with Crippen LogP contribution in [0, 0.1) is 9.39 Å². The van der Waals surface area contributed by atoms with Gasteiger partial charge < -0.3 is 4.84 Å². The lowest BCUT2D eigenvalue weighted by Gasteiger charge is -2.12. The van der Waals surface area contributed by atoms with Gasteiger partial charge in [-0.1, -0.05) is 0 Å². The average Bonchev–Trinajstić information content (AvgIpc) is 2.64. The van der Waals surface area contributed by atoms with E-state index in [4.69, 9.17) is 0 Å². The lowest BCUT2D eigenvalue weighted by Crippen LogP contribution is -2.32. The van der Waals surface area contributed by atoms with Gasteiger partial charge in [-0.3, -0.25) is 9.59 Å². The van der Waals surface area contributed by atoms with Crippen LogP contribution < -0.4 is 0 Å². The molecule has 1 saturated heterocycles. The van der Waals surface area contributed by atoms with E-state index in [2.05, 4.69) is 4.84 Å². The monoisotopic (exact) mass is 363 g/mol. The maximum absolute atomic E-state index is 13.4. The number of amides is 2. The summed E-state index contributed by atoms with van der Waals surface area (Å²) >= 11 is 1.91. The second-order valence-electron chi connectivity index (χ2n) is 3.58. The molecule has 5 nitrogen and oxygen atoms in total. The van der Waals surface area contributed by atoms with Crippen LogP contribution in [-0.4, -0.2) is 22.8 Å². The molecule has 1 aromatic rings. The highest BCUT2D eigenvalue weighted by atomic mass is 127. The molecule has 0 saturated carbocycles. The summed E-state index contributed by atoms with van der Waals surface area (Å²) in [4.78, 5) is 38.7. The number of nitrogens with zero attached hydrogens (tertiary/aromatic N) is 1. The van der Waals surface area contributed by atoms with Crippen molar-refractivity contribution in [3.8, 4) is 0 Å². The number of rotatable bonds is 2. The minimum atomic E-state index is -1.06. The third-order valence-corrected chi connectivity index (χ3v) is 3.00. The van der Waals surface area contributed by atoms with Crippen LogP contribution in [0.3, 0.4) is 0 Å². The number of benzene rings is 1. The summed E-state index contributed by atoms with van der Waals surface area (Å²) < 4.78 is 14.0. The molecule has 0 aromatic heterocycles. The molecule has 1 aliphatic heterocycles. The Morgan fingerprint density at radius 2 is 1.89 bits per heavy atom. The summed E-state index contributed by atoms with van der Waals surface area (Å²) in [6, 6.07) is 3.88. The maximum atomic E-state index is 13.4. The van der Waals surface area contributed by atoms with E-state index in [0.717, 1.165) is 6.07 Å². The molecule has 1 aliphatic rings. The number of carbonyl (C=O) groups is 3. The van der Waals surface area contributed by atoms with Crippen molar-refractivity contribution < 1.29 is 23.6 Å². The van der Waals surface area contributed by atoms with E-state index in [0.29, 0.717) is 8.63 Å². The number of hydroxylamine groups is 2. The molecule has 1 fully saturated rings. The first-order valence-corrected chi connectivity index (χ1v) is 6.10. The number of halogens is 2. The van der Waals surface area contributed by atoms with Crippen molar-refractivity contribution in [2.45, 2.75) is 12.8 Å². The normalized spacial score (nSPS) is 15.1. The summed E-state index contributed by atoms with van der Waals surface area (Å²) in [5, 5.41) is 0.391. The van der Waals surface area contributed by atoms with Crippen molar-refractivity contribution in [3.63, 3.8) is 0 Å². The SMILES string of the molecule is O=C(ON1C(=O)CCC1=O)c1cc(I)ccc1F. The van der Waals surface area contributed by atoms with Gasteiger partial charge in [0.2, 0.25) is 0 Å². The van der Waals surface area contributed by atoms with E-state index in [1.54, 1.807) is 0 Å². The van der Waals surface area contributed by atoms with Gasteiger partial charge in [0.05, 0.1) is 5.56 Å². The van der Waals surface area contributed by atoms with Crippen LogP contribution in [0.2, 0.25) is 0 Å². The Kier molecular flexibility index (Phi) is 3.60. The zero-order chi connectivity index (χ0) is 13.3. The van der Waals surface area contributed by atoms with Gasteiger partial charge >= 0.3 is 5.97 Å². The molecular formula is C11H7FINO4. The van der Waals surface area contributed by atoms with Gasteiger partial charge in [-0.15, -0.1) is 5.06 Å². The highest BCUT2D eigenvalue weighted by Gasteiger charge is 2.33. The quantitative estimate of drug-likeness (QED) is 0.592. The van der Waals surface area contributed by atoms with Gasteiger partial charge in [0.25, 0.3) is 11.8 Å². The second kappa shape index (κ2) is 5.01. The number of carbonyl (C=O) groups excluding carboxylic acids is 3. The maximum Gasteiger partial charge on any atom is 0.366 e. The first kappa shape index (κ1) is 12.9. The summed E-state index contributed by atoms with van der Waals surface area (Å²) in [5.74, 6) is -3.02. The minimum Gasteiger partial charge on any atom is -0.325 e. The molecular weight excluding hydrogens is 356 g/mol. The summed E-state index contributed by atoms with van der Waals surface area (Å²) in [6.45, 7) is 0.